The Morgan fingerprint density at radius 3 is 2.64 bits per heavy atom. The van der Waals surface area contributed by atoms with Crippen LogP contribution in [0.3, 0.4) is 0 Å². The molecule has 1 heterocycles. The number of methoxy groups -OCH3 is 1. The van der Waals surface area contributed by atoms with E-state index in [1.54, 1.807) is 0 Å². The van der Waals surface area contributed by atoms with Gasteiger partial charge in [0.15, 0.2) is 6.29 Å². The Bertz CT molecular complexity index is 117. The first kappa shape index (κ1) is 9.19. The second-order valence-corrected chi connectivity index (χ2v) is 2.85. The predicted molar refractivity (Wildman–Crippen MR) is 37.3 cm³/mol. The number of hydrogen-bond acceptors (Lipinski definition) is 3. The van der Waals surface area contributed by atoms with E-state index in [0.717, 1.165) is 0 Å². The Balaban J connectivity index is 2.53. The SMILES string of the molecule is COC1OC(CO)C(F)C1Cl. The molecule has 1 rings (SSSR count). The Morgan fingerprint density at radius 1 is 1.73 bits per heavy atom. The summed E-state index contributed by atoms with van der Waals surface area (Å²) >= 11 is 5.57. The molecule has 0 aromatic heterocycles. The fourth-order valence-corrected chi connectivity index (χ4v) is 1.33. The van der Waals surface area contributed by atoms with Gasteiger partial charge in [0.05, 0.1) is 6.61 Å². The summed E-state index contributed by atoms with van der Waals surface area (Å²) in [5.41, 5.74) is 0. The minimum absolute atomic E-state index is 0.371. The van der Waals surface area contributed by atoms with Crippen LogP contribution in [0, 0.1) is 0 Å². The molecule has 1 N–H and O–H groups in total. The van der Waals surface area contributed by atoms with Crippen LogP contribution >= 0.6 is 11.6 Å². The van der Waals surface area contributed by atoms with E-state index in [4.69, 9.17) is 26.2 Å². The highest BCUT2D eigenvalue weighted by atomic mass is 35.5. The van der Waals surface area contributed by atoms with E-state index in [-0.39, 0.29) is 6.61 Å². The van der Waals surface area contributed by atoms with Crippen LogP contribution in [0.1, 0.15) is 0 Å². The van der Waals surface area contributed by atoms with E-state index in [1.807, 2.05) is 0 Å². The Labute approximate surface area is 69.0 Å². The van der Waals surface area contributed by atoms with Crippen molar-refractivity contribution < 1.29 is 19.0 Å². The molecule has 0 radical (unpaired) electrons. The van der Waals surface area contributed by atoms with Gasteiger partial charge in [-0.25, -0.2) is 4.39 Å². The average molecular weight is 185 g/mol. The van der Waals surface area contributed by atoms with E-state index in [1.165, 1.54) is 7.11 Å². The average Bonchev–Trinajstić information content (AvgIpc) is 2.30. The third kappa shape index (κ3) is 1.64. The lowest BCUT2D eigenvalue weighted by molar-refractivity contribution is -0.124. The zero-order valence-electron chi connectivity index (χ0n) is 6.04. The molecule has 0 amide bonds. The summed E-state index contributed by atoms with van der Waals surface area (Å²) in [7, 11) is 1.38. The zero-order chi connectivity index (χ0) is 8.43. The molecular formula is C6H10ClFO3. The molecule has 66 valence electrons. The zero-order valence-corrected chi connectivity index (χ0v) is 6.79. The number of aliphatic hydroxyl groups excluding tert-OH is 1. The number of halogens is 2. The van der Waals surface area contributed by atoms with Crippen LogP contribution in [0.4, 0.5) is 4.39 Å². The Hall–Kier alpha value is 0.100. The third-order valence-electron chi connectivity index (χ3n) is 1.64. The van der Waals surface area contributed by atoms with Gasteiger partial charge < -0.3 is 14.6 Å². The van der Waals surface area contributed by atoms with Crippen molar-refractivity contribution in [1.29, 1.82) is 0 Å². The number of ether oxygens (including phenoxy) is 2. The second kappa shape index (κ2) is 3.67. The maximum Gasteiger partial charge on any atom is 0.176 e. The smallest absolute Gasteiger partial charge is 0.176 e. The van der Waals surface area contributed by atoms with Gasteiger partial charge in [0.2, 0.25) is 0 Å². The van der Waals surface area contributed by atoms with Crippen LogP contribution in [0.2, 0.25) is 0 Å². The minimum atomic E-state index is -1.35. The fourth-order valence-electron chi connectivity index (χ4n) is 1.01. The number of alkyl halides is 2. The van der Waals surface area contributed by atoms with Gasteiger partial charge in [-0.3, -0.25) is 0 Å². The van der Waals surface area contributed by atoms with Crippen molar-refractivity contribution in [2.24, 2.45) is 0 Å². The molecule has 0 saturated carbocycles. The summed E-state index contributed by atoms with van der Waals surface area (Å²) in [4.78, 5) is 0. The first-order valence-electron chi connectivity index (χ1n) is 3.28. The molecule has 4 unspecified atom stereocenters. The highest BCUT2D eigenvalue weighted by molar-refractivity contribution is 6.21. The van der Waals surface area contributed by atoms with Crippen LogP contribution in [0.15, 0.2) is 0 Å². The number of hydrogen-bond donors (Lipinski definition) is 1. The highest BCUT2D eigenvalue weighted by Gasteiger charge is 2.43. The van der Waals surface area contributed by atoms with Gasteiger partial charge in [-0.05, 0) is 0 Å². The molecule has 1 saturated heterocycles. The third-order valence-corrected chi connectivity index (χ3v) is 2.09. The normalized spacial score (nSPS) is 44.7. The van der Waals surface area contributed by atoms with E-state index in [2.05, 4.69) is 0 Å². The lowest BCUT2D eigenvalue weighted by Crippen LogP contribution is -2.26. The molecule has 11 heavy (non-hydrogen) atoms. The quantitative estimate of drug-likeness (QED) is 0.628. The highest BCUT2D eigenvalue weighted by Crippen LogP contribution is 2.28. The first-order valence-corrected chi connectivity index (χ1v) is 3.71. The lowest BCUT2D eigenvalue weighted by atomic mass is 10.2. The summed E-state index contributed by atoms with van der Waals surface area (Å²) in [6, 6.07) is 0. The molecule has 1 fully saturated rings. The van der Waals surface area contributed by atoms with Crippen LogP contribution in [-0.2, 0) is 9.47 Å². The van der Waals surface area contributed by atoms with Crippen molar-refractivity contribution in [3.63, 3.8) is 0 Å². The van der Waals surface area contributed by atoms with Crippen LogP contribution in [0.25, 0.3) is 0 Å². The second-order valence-electron chi connectivity index (χ2n) is 2.35. The van der Waals surface area contributed by atoms with Crippen LogP contribution < -0.4 is 0 Å². The van der Waals surface area contributed by atoms with Gasteiger partial charge in [-0.15, -0.1) is 11.6 Å². The van der Waals surface area contributed by atoms with Crippen molar-refractivity contribution in [3.8, 4) is 0 Å². The summed E-state index contributed by atoms with van der Waals surface area (Å²) in [6.07, 6.45) is -2.95. The van der Waals surface area contributed by atoms with Crippen molar-refractivity contribution in [1.82, 2.24) is 0 Å². The Kier molecular flexibility index (Phi) is 3.06. The molecule has 4 atom stereocenters. The standard InChI is InChI=1S/C6H10ClFO3/c1-10-6-4(7)5(8)3(2-9)11-6/h3-6,9H,2H2,1H3. The van der Waals surface area contributed by atoms with Gasteiger partial charge in [0.1, 0.15) is 17.7 Å². The van der Waals surface area contributed by atoms with E-state index in [9.17, 15) is 4.39 Å². The maximum absolute atomic E-state index is 12.9. The maximum atomic E-state index is 12.9. The van der Waals surface area contributed by atoms with Gasteiger partial charge in [-0.2, -0.15) is 0 Å². The molecule has 1 aliphatic heterocycles. The van der Waals surface area contributed by atoms with Crippen molar-refractivity contribution in [3.05, 3.63) is 0 Å². The van der Waals surface area contributed by atoms with Crippen molar-refractivity contribution in [2.75, 3.05) is 13.7 Å². The first-order chi connectivity index (χ1) is 5.20. The summed E-state index contributed by atoms with van der Waals surface area (Å²) < 4.78 is 22.5. The lowest BCUT2D eigenvalue weighted by Gasteiger charge is -2.09. The molecule has 0 aliphatic carbocycles. The van der Waals surface area contributed by atoms with Crippen molar-refractivity contribution >= 4 is 11.6 Å². The molecule has 0 aromatic rings. The predicted octanol–water partition coefficient (Wildman–Crippen LogP) is 0.295. The van der Waals surface area contributed by atoms with E-state index < -0.39 is 23.9 Å². The number of aliphatic hydroxyl groups is 1. The molecule has 0 aromatic carbocycles. The largest absolute Gasteiger partial charge is 0.394 e. The van der Waals surface area contributed by atoms with E-state index >= 15 is 0 Å². The molecule has 0 bridgehead atoms. The van der Waals surface area contributed by atoms with Crippen LogP contribution in [0.5, 0.6) is 0 Å². The van der Waals surface area contributed by atoms with Gasteiger partial charge in [0.25, 0.3) is 0 Å². The van der Waals surface area contributed by atoms with Crippen molar-refractivity contribution in [2.45, 2.75) is 23.9 Å². The van der Waals surface area contributed by atoms with Crippen LogP contribution in [-0.4, -0.2) is 42.8 Å². The molecule has 0 spiro atoms. The topological polar surface area (TPSA) is 38.7 Å². The summed E-state index contributed by atoms with van der Waals surface area (Å²) in [6.45, 7) is -0.371. The van der Waals surface area contributed by atoms with Gasteiger partial charge >= 0.3 is 0 Å². The monoisotopic (exact) mass is 184 g/mol. The molecule has 3 nitrogen and oxygen atoms in total. The molecule has 1 aliphatic rings. The minimum Gasteiger partial charge on any atom is -0.394 e. The summed E-state index contributed by atoms with van der Waals surface area (Å²) in [5.74, 6) is 0. The fraction of sp³-hybridized carbons (Fsp3) is 1.00. The van der Waals surface area contributed by atoms with Gasteiger partial charge in [0, 0.05) is 7.11 Å². The van der Waals surface area contributed by atoms with E-state index in [0.29, 0.717) is 0 Å². The Morgan fingerprint density at radius 2 is 2.36 bits per heavy atom. The number of rotatable bonds is 2. The van der Waals surface area contributed by atoms with Gasteiger partial charge in [-0.1, -0.05) is 0 Å². The molecular weight excluding hydrogens is 175 g/mol. The molecule has 5 heteroatoms. The summed E-state index contributed by atoms with van der Waals surface area (Å²) in [5, 5.41) is 7.77.